The highest BCUT2D eigenvalue weighted by Crippen LogP contribution is 2.20. The lowest BCUT2D eigenvalue weighted by molar-refractivity contribution is -0.123. The zero-order chi connectivity index (χ0) is 27.8. The monoisotopic (exact) mass is 535 g/mol. The quantitative estimate of drug-likeness (QED) is 0.464. The minimum atomic E-state index is -4.46. The van der Waals surface area contributed by atoms with E-state index in [0.29, 0.717) is 43.9 Å². The minimum Gasteiger partial charge on any atom is -0.494 e. The van der Waals surface area contributed by atoms with Gasteiger partial charge in [-0.3, -0.25) is 9.59 Å². The van der Waals surface area contributed by atoms with E-state index in [1.165, 1.54) is 12.1 Å². The number of ether oxygens (including phenoxy) is 1. The van der Waals surface area contributed by atoms with Gasteiger partial charge in [0, 0.05) is 48.6 Å². The van der Waals surface area contributed by atoms with Crippen LogP contribution in [0, 0.1) is 11.8 Å². The fourth-order valence-electron chi connectivity index (χ4n) is 4.19. The molecule has 1 aliphatic rings. The number of hydrogen-bond acceptors (Lipinski definition) is 4. The molecule has 9 heteroatoms. The summed E-state index contributed by atoms with van der Waals surface area (Å²) in [6.45, 7) is 3.24. The molecule has 0 aliphatic carbocycles. The first-order valence-electron chi connectivity index (χ1n) is 12.6. The second-order valence-corrected chi connectivity index (χ2v) is 8.88. The van der Waals surface area contributed by atoms with Gasteiger partial charge in [0.1, 0.15) is 12.3 Å². The molecule has 6 nitrogen and oxygen atoms in total. The Bertz CT molecular complexity index is 1370. The minimum absolute atomic E-state index is 0.0979. The number of halogens is 3. The van der Waals surface area contributed by atoms with Gasteiger partial charge in [-0.15, -0.1) is 0 Å². The molecule has 0 bridgehead atoms. The first-order valence-corrected chi connectivity index (χ1v) is 12.6. The Balaban J connectivity index is 1.38. The Morgan fingerprint density at radius 1 is 0.923 bits per heavy atom. The molecule has 1 heterocycles. The van der Waals surface area contributed by atoms with Crippen LogP contribution in [0.2, 0.25) is 0 Å². The molecule has 0 saturated carbocycles. The van der Waals surface area contributed by atoms with Crippen LogP contribution < -0.4 is 15.0 Å². The van der Waals surface area contributed by atoms with E-state index in [1.54, 1.807) is 23.1 Å². The van der Waals surface area contributed by atoms with Gasteiger partial charge < -0.3 is 19.9 Å². The van der Waals surface area contributed by atoms with Crippen molar-refractivity contribution in [2.45, 2.75) is 13.1 Å². The molecule has 1 saturated heterocycles. The first-order chi connectivity index (χ1) is 18.7. The van der Waals surface area contributed by atoms with Gasteiger partial charge >= 0.3 is 6.18 Å². The SMILES string of the molecule is CCOc1cccc(C#Cc2ccccc2C(=O)N2CCN(c3ccc(C(=O)NCC(F)(F)F)cc3)CC2)c1. The van der Waals surface area contributed by atoms with E-state index in [9.17, 15) is 22.8 Å². The van der Waals surface area contributed by atoms with Crippen LogP contribution in [-0.4, -0.2) is 62.2 Å². The van der Waals surface area contributed by atoms with Gasteiger partial charge in [0.2, 0.25) is 0 Å². The van der Waals surface area contributed by atoms with Crippen LogP contribution in [0.25, 0.3) is 0 Å². The normalized spacial score (nSPS) is 13.3. The summed E-state index contributed by atoms with van der Waals surface area (Å²) < 4.78 is 42.6. The fraction of sp³-hybridized carbons (Fsp3) is 0.267. The van der Waals surface area contributed by atoms with Gasteiger partial charge in [-0.2, -0.15) is 13.2 Å². The van der Waals surface area contributed by atoms with Crippen molar-refractivity contribution in [3.05, 3.63) is 95.1 Å². The lowest BCUT2D eigenvalue weighted by atomic mass is 10.1. The average Bonchev–Trinajstić information content (AvgIpc) is 2.95. The Labute approximate surface area is 225 Å². The molecule has 0 unspecified atom stereocenters. The molecule has 1 N–H and O–H groups in total. The van der Waals surface area contributed by atoms with Crippen LogP contribution in [0.15, 0.2) is 72.8 Å². The van der Waals surface area contributed by atoms with Gasteiger partial charge in [0.05, 0.1) is 12.2 Å². The third-order valence-electron chi connectivity index (χ3n) is 6.15. The number of rotatable bonds is 6. The Morgan fingerprint density at radius 3 is 2.33 bits per heavy atom. The molecule has 2 amide bonds. The van der Waals surface area contributed by atoms with Crippen molar-refractivity contribution in [2.75, 3.05) is 44.2 Å². The summed E-state index contributed by atoms with van der Waals surface area (Å²) in [4.78, 5) is 29.2. The zero-order valence-electron chi connectivity index (χ0n) is 21.4. The molecule has 0 spiro atoms. The Hall–Kier alpha value is -4.45. The smallest absolute Gasteiger partial charge is 0.405 e. The van der Waals surface area contributed by atoms with Crippen molar-refractivity contribution in [1.29, 1.82) is 0 Å². The lowest BCUT2D eigenvalue weighted by Gasteiger charge is -2.36. The molecule has 4 rings (SSSR count). The highest BCUT2D eigenvalue weighted by Gasteiger charge is 2.28. The summed E-state index contributed by atoms with van der Waals surface area (Å²) in [7, 11) is 0. The van der Waals surface area contributed by atoms with Crippen LogP contribution >= 0.6 is 0 Å². The van der Waals surface area contributed by atoms with Crippen molar-refractivity contribution >= 4 is 17.5 Å². The summed E-state index contributed by atoms with van der Waals surface area (Å²) in [6, 6.07) is 21.2. The van der Waals surface area contributed by atoms with E-state index >= 15 is 0 Å². The molecule has 1 fully saturated rings. The van der Waals surface area contributed by atoms with E-state index in [2.05, 4.69) is 16.7 Å². The van der Waals surface area contributed by atoms with Crippen molar-refractivity contribution in [1.82, 2.24) is 10.2 Å². The molecule has 202 valence electrons. The van der Waals surface area contributed by atoms with Gasteiger partial charge in [-0.05, 0) is 61.5 Å². The second-order valence-electron chi connectivity index (χ2n) is 8.88. The van der Waals surface area contributed by atoms with Gasteiger partial charge in [-0.25, -0.2) is 0 Å². The number of carbonyl (C=O) groups excluding carboxylic acids is 2. The highest BCUT2D eigenvalue weighted by molar-refractivity contribution is 5.97. The molecule has 3 aromatic carbocycles. The molecular weight excluding hydrogens is 507 g/mol. The standard InChI is InChI=1S/C30H28F3N3O3/c1-2-39-26-8-5-6-22(20-26)10-11-23-7-3-4-9-27(23)29(38)36-18-16-35(17-19-36)25-14-12-24(13-15-25)28(37)34-21-30(31,32)33/h3-9,12-15,20H,2,16-19,21H2,1H3,(H,34,37). The Morgan fingerprint density at radius 2 is 1.64 bits per heavy atom. The molecule has 39 heavy (non-hydrogen) atoms. The zero-order valence-corrected chi connectivity index (χ0v) is 21.4. The third kappa shape index (κ3) is 7.54. The van der Waals surface area contributed by atoms with E-state index in [-0.39, 0.29) is 11.5 Å². The summed E-state index contributed by atoms with van der Waals surface area (Å²) in [5.74, 6) is 6.11. The van der Waals surface area contributed by atoms with Gasteiger partial charge in [0.25, 0.3) is 11.8 Å². The van der Waals surface area contributed by atoms with Gasteiger partial charge in [-0.1, -0.05) is 30.0 Å². The van der Waals surface area contributed by atoms with Crippen LogP contribution in [-0.2, 0) is 0 Å². The van der Waals surface area contributed by atoms with E-state index in [0.717, 1.165) is 17.0 Å². The van der Waals surface area contributed by atoms with Gasteiger partial charge in [0.15, 0.2) is 0 Å². The number of nitrogens with zero attached hydrogens (tertiary/aromatic N) is 2. The van der Waals surface area contributed by atoms with E-state index < -0.39 is 18.6 Å². The number of piperazine rings is 1. The number of carbonyl (C=O) groups is 2. The molecule has 0 atom stereocenters. The number of amides is 2. The second kappa shape index (κ2) is 12.4. The average molecular weight is 536 g/mol. The highest BCUT2D eigenvalue weighted by atomic mass is 19.4. The fourth-order valence-corrected chi connectivity index (χ4v) is 4.19. The number of hydrogen-bond donors (Lipinski definition) is 1. The molecule has 0 aromatic heterocycles. The third-order valence-corrected chi connectivity index (χ3v) is 6.15. The van der Waals surface area contributed by atoms with Crippen molar-refractivity contribution < 1.29 is 27.5 Å². The number of alkyl halides is 3. The van der Waals surface area contributed by atoms with Crippen LogP contribution in [0.1, 0.15) is 38.8 Å². The summed E-state index contributed by atoms with van der Waals surface area (Å²) in [5.41, 5.74) is 2.95. The number of benzene rings is 3. The van der Waals surface area contributed by atoms with Crippen molar-refractivity contribution in [3.63, 3.8) is 0 Å². The van der Waals surface area contributed by atoms with Crippen molar-refractivity contribution in [3.8, 4) is 17.6 Å². The maximum Gasteiger partial charge on any atom is 0.405 e. The van der Waals surface area contributed by atoms with Crippen molar-refractivity contribution in [2.24, 2.45) is 0 Å². The molecule has 3 aromatic rings. The van der Waals surface area contributed by atoms with E-state index in [4.69, 9.17) is 4.74 Å². The molecule has 1 aliphatic heterocycles. The van der Waals surface area contributed by atoms with E-state index in [1.807, 2.05) is 54.7 Å². The predicted molar refractivity (Wildman–Crippen MR) is 143 cm³/mol. The Kier molecular flexibility index (Phi) is 8.77. The summed E-state index contributed by atoms with van der Waals surface area (Å²) >= 11 is 0. The maximum absolute atomic E-state index is 13.4. The maximum atomic E-state index is 13.4. The predicted octanol–water partition coefficient (Wildman–Crippen LogP) is 4.74. The topological polar surface area (TPSA) is 61.9 Å². The van der Waals surface area contributed by atoms with Crippen LogP contribution in [0.4, 0.5) is 18.9 Å². The first kappa shape index (κ1) is 27.6. The summed E-state index contributed by atoms with van der Waals surface area (Å²) in [6.07, 6.45) is -4.46. The summed E-state index contributed by atoms with van der Waals surface area (Å²) in [5, 5.41) is 1.87. The molecular formula is C30H28F3N3O3. The lowest BCUT2D eigenvalue weighted by Crippen LogP contribution is -2.49. The number of anilines is 1. The largest absolute Gasteiger partial charge is 0.494 e. The van der Waals surface area contributed by atoms with Crippen LogP contribution in [0.5, 0.6) is 5.75 Å². The number of nitrogens with one attached hydrogen (secondary N) is 1. The van der Waals surface area contributed by atoms with Crippen LogP contribution in [0.3, 0.4) is 0 Å². The molecule has 0 radical (unpaired) electrons.